The highest BCUT2D eigenvalue weighted by Crippen LogP contribution is 2.58. The van der Waals surface area contributed by atoms with Crippen molar-refractivity contribution in [3.8, 4) is 11.4 Å². The molecule has 3 rings (SSSR count). The molecule has 1 aromatic heterocycles. The van der Waals surface area contributed by atoms with Gasteiger partial charge in [-0.15, -0.1) is 0 Å². The number of carbonyl (C=O) groups is 2. The van der Waals surface area contributed by atoms with Gasteiger partial charge in [0.15, 0.2) is 0 Å². The number of aromatic nitrogens is 2. The smallest absolute Gasteiger partial charge is 0.307 e. The van der Waals surface area contributed by atoms with E-state index in [0.717, 1.165) is 5.56 Å². The largest absolute Gasteiger partial charge is 0.481 e. The Balaban J connectivity index is 1.68. The third-order valence-electron chi connectivity index (χ3n) is 4.58. The second-order valence-corrected chi connectivity index (χ2v) is 6.67. The van der Waals surface area contributed by atoms with E-state index in [1.807, 2.05) is 30.3 Å². The molecule has 1 aliphatic rings. The lowest BCUT2D eigenvalue weighted by Gasteiger charge is -2.10. The number of hydrogen-bond acceptors (Lipinski definition) is 5. The van der Waals surface area contributed by atoms with E-state index < -0.39 is 29.3 Å². The Morgan fingerprint density at radius 2 is 1.92 bits per heavy atom. The molecular formula is C17H19N3O4. The van der Waals surface area contributed by atoms with Crippen LogP contribution in [0.1, 0.15) is 32.7 Å². The van der Waals surface area contributed by atoms with Gasteiger partial charge in [-0.05, 0) is 12.3 Å². The lowest BCUT2D eigenvalue weighted by Crippen LogP contribution is -2.30. The summed E-state index contributed by atoms with van der Waals surface area (Å²) in [4.78, 5) is 27.8. The van der Waals surface area contributed by atoms with E-state index in [2.05, 4.69) is 15.5 Å². The molecule has 0 saturated heterocycles. The summed E-state index contributed by atoms with van der Waals surface area (Å²) in [6, 6.07) is 8.87. The van der Waals surface area contributed by atoms with Gasteiger partial charge in [0.1, 0.15) is 6.04 Å². The Bertz CT molecular complexity index is 769. The summed E-state index contributed by atoms with van der Waals surface area (Å²) < 4.78 is 5.22. The topological polar surface area (TPSA) is 105 Å². The molecule has 24 heavy (non-hydrogen) atoms. The Morgan fingerprint density at radius 3 is 2.50 bits per heavy atom. The minimum atomic E-state index is -0.947. The van der Waals surface area contributed by atoms with Crippen LogP contribution in [-0.2, 0) is 9.59 Å². The van der Waals surface area contributed by atoms with E-state index in [0.29, 0.717) is 5.82 Å². The van der Waals surface area contributed by atoms with Gasteiger partial charge in [0.05, 0.1) is 11.8 Å². The van der Waals surface area contributed by atoms with Crippen LogP contribution in [0.15, 0.2) is 34.9 Å². The van der Waals surface area contributed by atoms with Crippen molar-refractivity contribution in [2.24, 2.45) is 17.3 Å². The zero-order chi connectivity index (χ0) is 17.5. The second kappa shape index (κ2) is 5.74. The lowest BCUT2D eigenvalue weighted by molar-refractivity contribution is -0.140. The summed E-state index contributed by atoms with van der Waals surface area (Å²) in [7, 11) is 0. The van der Waals surface area contributed by atoms with Crippen LogP contribution < -0.4 is 5.32 Å². The number of benzene rings is 1. The summed E-state index contributed by atoms with van der Waals surface area (Å²) in [5.41, 5.74) is 0.278. The molecule has 0 unspecified atom stereocenters. The van der Waals surface area contributed by atoms with Gasteiger partial charge in [-0.25, -0.2) is 0 Å². The number of carbonyl (C=O) groups excluding carboxylic acids is 1. The molecule has 7 nitrogen and oxygen atoms in total. The summed E-state index contributed by atoms with van der Waals surface area (Å²) in [5, 5.41) is 15.8. The first-order chi connectivity index (χ1) is 11.3. The predicted molar refractivity (Wildman–Crippen MR) is 84.7 cm³/mol. The average molecular weight is 329 g/mol. The first-order valence-electron chi connectivity index (χ1n) is 7.74. The van der Waals surface area contributed by atoms with Crippen LogP contribution in [0.5, 0.6) is 0 Å². The highest BCUT2D eigenvalue weighted by atomic mass is 16.5. The highest BCUT2D eigenvalue weighted by molar-refractivity contribution is 5.91. The minimum absolute atomic E-state index is 0.285. The van der Waals surface area contributed by atoms with Gasteiger partial charge in [-0.1, -0.05) is 49.3 Å². The third kappa shape index (κ3) is 2.77. The van der Waals surface area contributed by atoms with Crippen molar-refractivity contribution in [3.63, 3.8) is 0 Å². The van der Waals surface area contributed by atoms with Crippen LogP contribution in [0.3, 0.4) is 0 Å². The number of amides is 1. The molecule has 1 aromatic carbocycles. The van der Waals surface area contributed by atoms with Gasteiger partial charge in [0.2, 0.25) is 17.6 Å². The minimum Gasteiger partial charge on any atom is -0.481 e. The van der Waals surface area contributed by atoms with Crippen molar-refractivity contribution in [1.82, 2.24) is 15.5 Å². The summed E-state index contributed by atoms with van der Waals surface area (Å²) in [6.45, 7) is 5.28. The fourth-order valence-corrected chi connectivity index (χ4v) is 3.07. The highest BCUT2D eigenvalue weighted by Gasteiger charge is 2.66. The number of nitrogens with zero attached hydrogens (tertiary/aromatic N) is 2. The normalized spacial score (nSPS) is 22.6. The van der Waals surface area contributed by atoms with Gasteiger partial charge in [-0.3, -0.25) is 9.59 Å². The molecule has 0 radical (unpaired) electrons. The molecule has 0 aliphatic heterocycles. The standard InChI is InChI=1S/C17H19N3O4/c1-9(18-14(21)11-12(16(22)23)17(11,2)3)15-19-13(20-24-15)10-7-5-4-6-8-10/h4-9,11-12H,1-3H3,(H,18,21)(H,22,23)/t9-,11+,12-/m0/s1. The first-order valence-corrected chi connectivity index (χ1v) is 7.74. The van der Waals surface area contributed by atoms with Crippen molar-refractivity contribution in [2.45, 2.75) is 26.8 Å². The molecule has 1 heterocycles. The first kappa shape index (κ1) is 16.2. The van der Waals surface area contributed by atoms with Gasteiger partial charge in [-0.2, -0.15) is 4.98 Å². The Kier molecular flexibility index (Phi) is 3.87. The number of nitrogens with one attached hydrogen (secondary N) is 1. The third-order valence-corrected chi connectivity index (χ3v) is 4.58. The van der Waals surface area contributed by atoms with Crippen LogP contribution in [0.4, 0.5) is 0 Å². The van der Waals surface area contributed by atoms with Gasteiger partial charge < -0.3 is 14.9 Å². The fraction of sp³-hybridized carbons (Fsp3) is 0.412. The number of carboxylic acids is 1. The van der Waals surface area contributed by atoms with Crippen LogP contribution >= 0.6 is 0 Å². The van der Waals surface area contributed by atoms with Crippen LogP contribution in [0.25, 0.3) is 11.4 Å². The second-order valence-electron chi connectivity index (χ2n) is 6.67. The Labute approximate surface area is 139 Å². The van der Waals surface area contributed by atoms with Crippen molar-refractivity contribution in [2.75, 3.05) is 0 Å². The van der Waals surface area contributed by atoms with E-state index in [4.69, 9.17) is 9.63 Å². The molecule has 0 bridgehead atoms. The predicted octanol–water partition coefficient (Wildman–Crippen LogP) is 2.27. The molecule has 1 saturated carbocycles. The van der Waals surface area contributed by atoms with Crippen LogP contribution in [-0.4, -0.2) is 27.1 Å². The van der Waals surface area contributed by atoms with Crippen molar-refractivity contribution < 1.29 is 19.2 Å². The summed E-state index contributed by atoms with van der Waals surface area (Å²) in [5.74, 6) is -1.73. The maximum absolute atomic E-state index is 12.3. The van der Waals surface area contributed by atoms with E-state index in [9.17, 15) is 9.59 Å². The molecule has 2 N–H and O–H groups in total. The number of rotatable bonds is 5. The summed E-state index contributed by atoms with van der Waals surface area (Å²) in [6.07, 6.45) is 0. The summed E-state index contributed by atoms with van der Waals surface area (Å²) >= 11 is 0. The molecule has 2 aromatic rings. The van der Waals surface area contributed by atoms with E-state index >= 15 is 0 Å². The fourth-order valence-electron chi connectivity index (χ4n) is 3.07. The monoisotopic (exact) mass is 329 g/mol. The quantitative estimate of drug-likeness (QED) is 0.872. The average Bonchev–Trinajstić information content (AvgIpc) is 2.90. The van der Waals surface area contributed by atoms with Crippen LogP contribution in [0, 0.1) is 17.3 Å². The maximum Gasteiger partial charge on any atom is 0.307 e. The van der Waals surface area contributed by atoms with Gasteiger partial charge in [0.25, 0.3) is 0 Å². The molecule has 1 fully saturated rings. The van der Waals surface area contributed by atoms with Gasteiger partial charge >= 0.3 is 5.97 Å². The van der Waals surface area contributed by atoms with E-state index in [1.54, 1.807) is 20.8 Å². The molecule has 3 atom stereocenters. The molecular weight excluding hydrogens is 310 g/mol. The Morgan fingerprint density at radius 1 is 1.25 bits per heavy atom. The van der Waals surface area contributed by atoms with Crippen molar-refractivity contribution >= 4 is 11.9 Å². The number of hydrogen-bond donors (Lipinski definition) is 2. The maximum atomic E-state index is 12.3. The van der Waals surface area contributed by atoms with E-state index in [1.165, 1.54) is 0 Å². The molecule has 0 spiro atoms. The van der Waals surface area contributed by atoms with E-state index in [-0.39, 0.29) is 11.8 Å². The number of carboxylic acid groups (broad SMARTS) is 1. The van der Waals surface area contributed by atoms with Crippen molar-refractivity contribution in [3.05, 3.63) is 36.2 Å². The SMILES string of the molecule is C[C@H](NC(=O)[C@H]1[C@@H](C(=O)O)C1(C)C)c1nc(-c2ccccc2)no1. The van der Waals surface area contributed by atoms with Crippen molar-refractivity contribution in [1.29, 1.82) is 0 Å². The molecule has 126 valence electrons. The van der Waals surface area contributed by atoms with Gasteiger partial charge in [0, 0.05) is 5.56 Å². The molecule has 7 heteroatoms. The lowest BCUT2D eigenvalue weighted by atomic mass is 10.1. The molecule has 1 aliphatic carbocycles. The zero-order valence-corrected chi connectivity index (χ0v) is 13.7. The molecule has 1 amide bonds. The zero-order valence-electron chi connectivity index (χ0n) is 13.7. The number of aliphatic carboxylic acids is 1. The van der Waals surface area contributed by atoms with Crippen LogP contribution in [0.2, 0.25) is 0 Å². The Hall–Kier alpha value is -2.70.